The smallest absolute Gasteiger partial charge is 0.418 e. The lowest BCUT2D eigenvalue weighted by molar-refractivity contribution is -0.175. The molecule has 4 rings (SSSR count). The van der Waals surface area contributed by atoms with Crippen molar-refractivity contribution in [3.05, 3.63) is 71.2 Å². The molecule has 0 spiro atoms. The lowest BCUT2D eigenvalue weighted by Gasteiger charge is -2.24. The third-order valence-corrected chi connectivity index (χ3v) is 6.20. The molecule has 0 aliphatic heterocycles. The summed E-state index contributed by atoms with van der Waals surface area (Å²) in [4.78, 5) is 50.4. The van der Waals surface area contributed by atoms with Crippen LogP contribution in [0.5, 0.6) is 0 Å². The third kappa shape index (κ3) is 5.53. The van der Waals surface area contributed by atoms with Gasteiger partial charge in [-0.25, -0.2) is 19.2 Å². The Morgan fingerprint density at radius 2 is 1.05 bits per heavy atom. The Labute approximate surface area is 228 Å². The van der Waals surface area contributed by atoms with Crippen LogP contribution < -0.4 is 11.5 Å². The first kappa shape index (κ1) is 28.3. The number of benzene rings is 2. The first-order chi connectivity index (χ1) is 19.0. The van der Waals surface area contributed by atoms with Gasteiger partial charge in [-0.2, -0.15) is 0 Å². The van der Waals surface area contributed by atoms with Crippen molar-refractivity contribution in [3.63, 3.8) is 0 Å². The van der Waals surface area contributed by atoms with Gasteiger partial charge in [0.25, 0.3) is 0 Å². The molecule has 0 saturated heterocycles. The lowest BCUT2D eigenvalue weighted by Crippen LogP contribution is -2.35. The monoisotopic (exact) mass is 552 g/mol. The maximum Gasteiger partial charge on any atom is 0.418 e. The van der Waals surface area contributed by atoms with E-state index >= 15 is 0 Å². The van der Waals surface area contributed by atoms with Gasteiger partial charge in [-0.05, 0) is 50.2 Å². The summed E-state index contributed by atoms with van der Waals surface area (Å²) in [6.45, 7) is 3.11. The molecule has 4 N–H and O–H groups in total. The lowest BCUT2D eigenvalue weighted by atomic mass is 9.98. The molecule has 2 aromatic heterocycles. The summed E-state index contributed by atoms with van der Waals surface area (Å²) in [5, 5.41) is 1.07. The average molecular weight is 553 g/mol. The van der Waals surface area contributed by atoms with E-state index in [4.69, 9.17) is 39.2 Å². The molecule has 2 aromatic carbocycles. The van der Waals surface area contributed by atoms with Crippen molar-refractivity contribution in [2.24, 2.45) is 11.5 Å². The second kappa shape index (κ2) is 11.6. The minimum Gasteiger partial charge on any atom is -0.465 e. The summed E-state index contributed by atoms with van der Waals surface area (Å²) >= 11 is 0. The molecule has 12 heteroatoms. The molecule has 0 saturated carbocycles. The van der Waals surface area contributed by atoms with Gasteiger partial charge in [0, 0.05) is 34.0 Å². The second-order valence-corrected chi connectivity index (χ2v) is 9.16. The van der Waals surface area contributed by atoms with Crippen molar-refractivity contribution in [1.29, 1.82) is 0 Å². The van der Waals surface area contributed by atoms with Crippen LogP contribution in [0.3, 0.4) is 0 Å². The van der Waals surface area contributed by atoms with E-state index in [1.807, 2.05) is 0 Å². The van der Waals surface area contributed by atoms with Crippen LogP contribution in [0, 0.1) is 0 Å². The zero-order chi connectivity index (χ0) is 29.1. The predicted molar refractivity (Wildman–Crippen MR) is 140 cm³/mol. The first-order valence-corrected chi connectivity index (χ1v) is 12.2. The molecule has 4 aromatic rings. The summed E-state index contributed by atoms with van der Waals surface area (Å²) in [5.41, 5.74) is 13.7. The van der Waals surface area contributed by atoms with Crippen LogP contribution >= 0.6 is 0 Å². The number of carbonyl (C=O) groups is 4. The van der Waals surface area contributed by atoms with Gasteiger partial charge in [0.2, 0.25) is 0 Å². The summed E-state index contributed by atoms with van der Waals surface area (Å²) in [6.07, 6.45) is 0.390. The van der Waals surface area contributed by atoms with Crippen molar-refractivity contribution in [1.82, 2.24) is 0 Å². The standard InChI is InChI=1S/C28H28N2O10/c1-13(29)21(19-11-17(25(31)35-3)9-15-5-7-37-23(15)19)39-27(33)28(34)40-22(14(2)30)20-12-18(26(32)36-4)10-16-6-8-38-24(16)20/h5-14,21-22H,29-30H2,1-4H3. The van der Waals surface area contributed by atoms with E-state index in [1.54, 1.807) is 38.1 Å². The van der Waals surface area contributed by atoms with Gasteiger partial charge >= 0.3 is 23.9 Å². The predicted octanol–water partition coefficient (Wildman–Crippen LogP) is 3.32. The SMILES string of the molecule is COC(=O)c1cc(C(OC(=O)C(=O)OC(c2cc(C(=O)OC)cc3ccoc23)C(C)N)C(C)N)c2occc2c1. The number of ether oxygens (including phenoxy) is 4. The molecule has 0 amide bonds. The number of methoxy groups -OCH3 is 2. The normalized spacial score (nSPS) is 14.2. The Hall–Kier alpha value is -4.68. The van der Waals surface area contributed by atoms with Crippen LogP contribution in [0.4, 0.5) is 0 Å². The van der Waals surface area contributed by atoms with E-state index in [0.29, 0.717) is 21.9 Å². The molecule has 4 atom stereocenters. The first-order valence-electron chi connectivity index (χ1n) is 12.2. The largest absolute Gasteiger partial charge is 0.465 e. The number of fused-ring (bicyclic) bond motifs is 2. The van der Waals surface area contributed by atoms with Crippen LogP contribution in [-0.2, 0) is 28.5 Å². The second-order valence-electron chi connectivity index (χ2n) is 9.16. The number of nitrogens with two attached hydrogens (primary N) is 2. The van der Waals surface area contributed by atoms with Gasteiger partial charge in [-0.15, -0.1) is 0 Å². The van der Waals surface area contributed by atoms with Crippen LogP contribution in [0.15, 0.2) is 57.8 Å². The highest BCUT2D eigenvalue weighted by Crippen LogP contribution is 2.33. The summed E-state index contributed by atoms with van der Waals surface area (Å²) in [7, 11) is 2.46. The number of hydrogen-bond acceptors (Lipinski definition) is 12. The number of hydrogen-bond donors (Lipinski definition) is 2. The Bertz CT molecular complexity index is 1460. The summed E-state index contributed by atoms with van der Waals surface area (Å²) in [6, 6.07) is 7.50. The number of esters is 4. The van der Waals surface area contributed by atoms with Crippen LogP contribution in [-0.4, -0.2) is 50.2 Å². The quantitative estimate of drug-likeness (QED) is 0.185. The van der Waals surface area contributed by atoms with Gasteiger partial charge in [0.1, 0.15) is 23.4 Å². The minimum atomic E-state index is -1.36. The number of carbonyl (C=O) groups excluding carboxylic acids is 4. The molecule has 0 radical (unpaired) electrons. The Morgan fingerprint density at radius 3 is 1.38 bits per heavy atom. The zero-order valence-corrected chi connectivity index (χ0v) is 22.2. The fourth-order valence-electron chi connectivity index (χ4n) is 4.35. The van der Waals surface area contributed by atoms with Gasteiger partial charge in [-0.1, -0.05) is 0 Å². The number of rotatable bonds is 8. The molecule has 210 valence electrons. The summed E-state index contributed by atoms with van der Waals surface area (Å²) in [5.74, 6) is -3.99. The molecule has 4 unspecified atom stereocenters. The fraction of sp³-hybridized carbons (Fsp3) is 0.286. The van der Waals surface area contributed by atoms with E-state index < -0.39 is 48.2 Å². The molecule has 0 bridgehead atoms. The maximum absolute atomic E-state index is 13.0. The Balaban J connectivity index is 1.64. The van der Waals surface area contributed by atoms with E-state index in [0.717, 1.165) is 0 Å². The van der Waals surface area contributed by atoms with E-state index in [1.165, 1.54) is 38.9 Å². The molecule has 0 aliphatic rings. The van der Waals surface area contributed by atoms with Crippen LogP contribution in [0.1, 0.15) is 57.9 Å². The average Bonchev–Trinajstić information content (AvgIpc) is 3.61. The van der Waals surface area contributed by atoms with Gasteiger partial charge in [0.05, 0.1) is 37.9 Å². The van der Waals surface area contributed by atoms with Gasteiger partial charge in [-0.3, -0.25) is 0 Å². The fourth-order valence-corrected chi connectivity index (χ4v) is 4.35. The van der Waals surface area contributed by atoms with E-state index in [9.17, 15) is 19.2 Å². The topological polar surface area (TPSA) is 184 Å². The highest BCUT2D eigenvalue weighted by Gasteiger charge is 2.33. The zero-order valence-electron chi connectivity index (χ0n) is 22.2. The van der Waals surface area contributed by atoms with Crippen LogP contribution in [0.2, 0.25) is 0 Å². The van der Waals surface area contributed by atoms with Crippen molar-refractivity contribution >= 4 is 45.8 Å². The van der Waals surface area contributed by atoms with Gasteiger partial charge < -0.3 is 39.2 Å². The third-order valence-electron chi connectivity index (χ3n) is 6.20. The van der Waals surface area contributed by atoms with Crippen molar-refractivity contribution in [3.8, 4) is 0 Å². The minimum absolute atomic E-state index is 0.167. The van der Waals surface area contributed by atoms with Gasteiger partial charge in [0.15, 0.2) is 0 Å². The van der Waals surface area contributed by atoms with Crippen molar-refractivity contribution in [2.75, 3.05) is 14.2 Å². The Kier molecular flexibility index (Phi) is 8.21. The molecule has 0 aliphatic carbocycles. The molecule has 0 fully saturated rings. The highest BCUT2D eigenvalue weighted by atomic mass is 16.6. The molecule has 12 nitrogen and oxygen atoms in total. The molecule has 2 heterocycles. The maximum atomic E-state index is 13.0. The molecular weight excluding hydrogens is 524 g/mol. The van der Waals surface area contributed by atoms with E-state index in [-0.39, 0.29) is 22.3 Å². The van der Waals surface area contributed by atoms with Crippen molar-refractivity contribution in [2.45, 2.75) is 38.1 Å². The van der Waals surface area contributed by atoms with Crippen molar-refractivity contribution < 1.29 is 47.0 Å². The molecule has 40 heavy (non-hydrogen) atoms. The number of furan rings is 2. The van der Waals surface area contributed by atoms with E-state index in [2.05, 4.69) is 0 Å². The molecular formula is C28H28N2O10. The Morgan fingerprint density at radius 1 is 0.675 bits per heavy atom. The van der Waals surface area contributed by atoms with Crippen LogP contribution in [0.25, 0.3) is 21.9 Å². The highest BCUT2D eigenvalue weighted by molar-refractivity contribution is 6.29. The summed E-state index contributed by atoms with van der Waals surface area (Å²) < 4.78 is 31.7.